The number of halogens is 1. The maximum absolute atomic E-state index is 11.3. The molecule has 0 aliphatic rings. The number of carboxylic acids is 1. The molecule has 2 aromatic rings. The second-order valence-corrected chi connectivity index (χ2v) is 4.66. The molecular formula is C15H12ClNO4. The number of para-hydroxylation sites is 1. The van der Waals surface area contributed by atoms with Crippen molar-refractivity contribution in [1.82, 2.24) is 0 Å². The molecule has 5 nitrogen and oxygen atoms in total. The minimum atomic E-state index is -1.10. The largest absolute Gasteiger partial charge is 0.495 e. The van der Waals surface area contributed by atoms with Crippen LogP contribution in [-0.2, 0) is 0 Å². The molecular weight excluding hydrogens is 294 g/mol. The van der Waals surface area contributed by atoms with Gasteiger partial charge in [0.15, 0.2) is 0 Å². The van der Waals surface area contributed by atoms with Crippen molar-refractivity contribution in [3.63, 3.8) is 0 Å². The summed E-state index contributed by atoms with van der Waals surface area (Å²) in [5, 5.41) is 9.42. The Morgan fingerprint density at radius 1 is 1.19 bits per heavy atom. The van der Waals surface area contributed by atoms with Gasteiger partial charge in [0.2, 0.25) is 5.91 Å². The first kappa shape index (κ1) is 14.9. The molecule has 6 heteroatoms. The van der Waals surface area contributed by atoms with Crippen LogP contribution in [0.1, 0.15) is 20.7 Å². The number of methoxy groups -OCH3 is 1. The van der Waals surface area contributed by atoms with Crippen LogP contribution in [0.25, 0.3) is 11.1 Å². The van der Waals surface area contributed by atoms with E-state index in [1.54, 1.807) is 18.2 Å². The van der Waals surface area contributed by atoms with Gasteiger partial charge in [-0.3, -0.25) is 4.79 Å². The van der Waals surface area contributed by atoms with Crippen molar-refractivity contribution in [2.75, 3.05) is 7.11 Å². The van der Waals surface area contributed by atoms with Crippen molar-refractivity contribution in [1.29, 1.82) is 0 Å². The number of rotatable bonds is 4. The summed E-state index contributed by atoms with van der Waals surface area (Å²) in [5.41, 5.74) is 6.59. The standard InChI is InChI=1S/C15H12ClNO4/c1-21-13-9(3-2-4-10(13)15(19)20)8-5-6-12(16)11(7-8)14(17)18/h2-7H,1H3,(H2,17,18)(H,19,20). The first-order valence-electron chi connectivity index (χ1n) is 5.95. The number of carbonyl (C=O) groups is 2. The number of carbonyl (C=O) groups excluding carboxylic acids is 1. The first-order chi connectivity index (χ1) is 9.95. The van der Waals surface area contributed by atoms with Crippen molar-refractivity contribution < 1.29 is 19.4 Å². The number of benzene rings is 2. The third kappa shape index (κ3) is 2.83. The highest BCUT2D eigenvalue weighted by atomic mass is 35.5. The lowest BCUT2D eigenvalue weighted by Crippen LogP contribution is -2.11. The van der Waals surface area contributed by atoms with Crippen molar-refractivity contribution in [2.45, 2.75) is 0 Å². The predicted molar refractivity (Wildman–Crippen MR) is 78.9 cm³/mol. The van der Waals surface area contributed by atoms with Gasteiger partial charge in [0.05, 0.1) is 17.7 Å². The smallest absolute Gasteiger partial charge is 0.339 e. The molecule has 0 fully saturated rings. The Bertz CT molecular complexity index is 728. The summed E-state index contributed by atoms with van der Waals surface area (Å²) in [6.45, 7) is 0. The van der Waals surface area contributed by atoms with E-state index < -0.39 is 11.9 Å². The molecule has 0 aliphatic carbocycles. The van der Waals surface area contributed by atoms with Crippen molar-refractivity contribution in [3.05, 3.63) is 52.5 Å². The van der Waals surface area contributed by atoms with Crippen LogP contribution in [0.3, 0.4) is 0 Å². The van der Waals surface area contributed by atoms with Gasteiger partial charge in [0.1, 0.15) is 11.3 Å². The molecule has 0 aromatic heterocycles. The van der Waals surface area contributed by atoms with E-state index in [-0.39, 0.29) is 21.9 Å². The predicted octanol–water partition coefficient (Wildman–Crippen LogP) is 2.81. The van der Waals surface area contributed by atoms with Gasteiger partial charge in [-0.15, -0.1) is 0 Å². The van der Waals surface area contributed by atoms with Crippen LogP contribution in [0.5, 0.6) is 5.75 Å². The minimum Gasteiger partial charge on any atom is -0.495 e. The monoisotopic (exact) mass is 305 g/mol. The van der Waals surface area contributed by atoms with E-state index >= 15 is 0 Å². The van der Waals surface area contributed by atoms with Crippen LogP contribution in [-0.4, -0.2) is 24.1 Å². The minimum absolute atomic E-state index is 0.0329. The highest BCUT2D eigenvalue weighted by molar-refractivity contribution is 6.33. The average molecular weight is 306 g/mol. The van der Waals surface area contributed by atoms with Crippen LogP contribution < -0.4 is 10.5 Å². The van der Waals surface area contributed by atoms with E-state index in [1.165, 1.54) is 25.3 Å². The van der Waals surface area contributed by atoms with Crippen LogP contribution in [0.2, 0.25) is 5.02 Å². The van der Waals surface area contributed by atoms with Gasteiger partial charge in [-0.2, -0.15) is 0 Å². The Kier molecular flexibility index (Phi) is 4.14. The van der Waals surface area contributed by atoms with Gasteiger partial charge in [-0.1, -0.05) is 29.8 Å². The summed E-state index contributed by atoms with van der Waals surface area (Å²) in [7, 11) is 1.39. The van der Waals surface area contributed by atoms with Gasteiger partial charge in [0, 0.05) is 5.56 Å². The number of nitrogens with two attached hydrogens (primary N) is 1. The van der Waals surface area contributed by atoms with E-state index in [9.17, 15) is 14.7 Å². The van der Waals surface area contributed by atoms with E-state index in [0.717, 1.165) is 0 Å². The molecule has 0 aliphatic heterocycles. The Hall–Kier alpha value is -2.53. The third-order valence-corrected chi connectivity index (χ3v) is 3.32. The van der Waals surface area contributed by atoms with Gasteiger partial charge in [-0.25, -0.2) is 4.79 Å². The molecule has 108 valence electrons. The molecule has 2 aromatic carbocycles. The summed E-state index contributed by atoms with van der Waals surface area (Å²) in [4.78, 5) is 22.6. The second-order valence-electron chi connectivity index (χ2n) is 4.25. The highest BCUT2D eigenvalue weighted by Gasteiger charge is 2.17. The van der Waals surface area contributed by atoms with E-state index in [0.29, 0.717) is 11.1 Å². The molecule has 0 radical (unpaired) electrons. The number of amides is 1. The molecule has 0 saturated heterocycles. The lowest BCUT2D eigenvalue weighted by molar-refractivity contribution is 0.0693. The van der Waals surface area contributed by atoms with E-state index in [2.05, 4.69) is 0 Å². The zero-order valence-corrected chi connectivity index (χ0v) is 11.8. The fourth-order valence-corrected chi connectivity index (χ4v) is 2.24. The molecule has 0 saturated carbocycles. The topological polar surface area (TPSA) is 89.6 Å². The molecule has 0 spiro atoms. The first-order valence-corrected chi connectivity index (χ1v) is 6.33. The van der Waals surface area contributed by atoms with Crippen molar-refractivity contribution in [2.24, 2.45) is 5.73 Å². The second kappa shape index (κ2) is 5.85. The number of hydrogen-bond acceptors (Lipinski definition) is 3. The molecule has 0 atom stereocenters. The molecule has 0 bridgehead atoms. The summed E-state index contributed by atoms with van der Waals surface area (Å²) in [6, 6.07) is 9.44. The number of carboxylic acid groups (broad SMARTS) is 1. The van der Waals surface area contributed by atoms with Crippen LogP contribution in [0, 0.1) is 0 Å². The summed E-state index contributed by atoms with van der Waals surface area (Å²) in [5.74, 6) is -1.55. The number of aromatic carboxylic acids is 1. The van der Waals surface area contributed by atoms with Crippen molar-refractivity contribution >= 4 is 23.5 Å². The Labute approximate surface area is 125 Å². The number of ether oxygens (including phenoxy) is 1. The number of hydrogen-bond donors (Lipinski definition) is 2. The van der Waals surface area contributed by atoms with Crippen LogP contribution in [0.15, 0.2) is 36.4 Å². The van der Waals surface area contributed by atoms with Gasteiger partial charge < -0.3 is 15.6 Å². The van der Waals surface area contributed by atoms with E-state index in [4.69, 9.17) is 22.1 Å². The molecule has 21 heavy (non-hydrogen) atoms. The van der Waals surface area contributed by atoms with Crippen LogP contribution >= 0.6 is 11.6 Å². The normalized spacial score (nSPS) is 10.2. The molecule has 0 heterocycles. The maximum Gasteiger partial charge on any atom is 0.339 e. The van der Waals surface area contributed by atoms with E-state index in [1.807, 2.05) is 0 Å². The van der Waals surface area contributed by atoms with Crippen LogP contribution in [0.4, 0.5) is 0 Å². The zero-order chi connectivity index (χ0) is 15.6. The molecule has 2 rings (SSSR count). The maximum atomic E-state index is 11.3. The molecule has 1 amide bonds. The fraction of sp³-hybridized carbons (Fsp3) is 0.0667. The lowest BCUT2D eigenvalue weighted by atomic mass is 9.99. The van der Waals surface area contributed by atoms with Gasteiger partial charge in [0.25, 0.3) is 0 Å². The number of primary amides is 1. The quantitative estimate of drug-likeness (QED) is 0.909. The fourth-order valence-electron chi connectivity index (χ4n) is 2.03. The van der Waals surface area contributed by atoms with Crippen molar-refractivity contribution in [3.8, 4) is 16.9 Å². The Morgan fingerprint density at radius 2 is 1.90 bits per heavy atom. The summed E-state index contributed by atoms with van der Waals surface area (Å²) in [6.07, 6.45) is 0. The summed E-state index contributed by atoms with van der Waals surface area (Å²) >= 11 is 5.91. The summed E-state index contributed by atoms with van der Waals surface area (Å²) < 4.78 is 5.19. The third-order valence-electron chi connectivity index (χ3n) is 2.99. The lowest BCUT2D eigenvalue weighted by Gasteiger charge is -2.12. The SMILES string of the molecule is COc1c(C(=O)O)cccc1-c1ccc(Cl)c(C(N)=O)c1. The van der Waals surface area contributed by atoms with Gasteiger partial charge in [-0.05, 0) is 23.8 Å². The molecule has 0 unspecified atom stereocenters. The Morgan fingerprint density at radius 3 is 2.48 bits per heavy atom. The molecule has 3 N–H and O–H groups in total. The average Bonchev–Trinajstić information content (AvgIpc) is 2.46. The van der Waals surface area contributed by atoms with Gasteiger partial charge >= 0.3 is 5.97 Å². The zero-order valence-electron chi connectivity index (χ0n) is 11.1. The highest BCUT2D eigenvalue weighted by Crippen LogP contribution is 2.34. The Balaban J connectivity index is 2.67.